The minimum atomic E-state index is -0.440. The van der Waals surface area contributed by atoms with Crippen LogP contribution in [-0.2, 0) is 16.1 Å². The van der Waals surface area contributed by atoms with E-state index in [0.717, 1.165) is 18.4 Å². The quantitative estimate of drug-likeness (QED) is 0.869. The molecular weight excluding hydrogens is 244 g/mol. The van der Waals surface area contributed by atoms with Crippen LogP contribution in [0, 0.1) is 0 Å². The van der Waals surface area contributed by atoms with Crippen molar-refractivity contribution in [2.45, 2.75) is 31.9 Å². The molecule has 0 radical (unpaired) electrons. The van der Waals surface area contributed by atoms with Crippen molar-refractivity contribution in [2.75, 3.05) is 6.54 Å². The van der Waals surface area contributed by atoms with E-state index in [0.29, 0.717) is 13.0 Å². The molecule has 1 atom stereocenters. The van der Waals surface area contributed by atoms with E-state index >= 15 is 0 Å². The van der Waals surface area contributed by atoms with Crippen LogP contribution in [0.15, 0.2) is 30.3 Å². The summed E-state index contributed by atoms with van der Waals surface area (Å²) in [7, 11) is 0. The van der Waals surface area contributed by atoms with Crippen molar-refractivity contribution >= 4 is 12.0 Å². The van der Waals surface area contributed by atoms with Crippen LogP contribution in [0.5, 0.6) is 0 Å². The molecular formula is C14H18N2O3. The minimum absolute atomic E-state index is 0.0435. The van der Waals surface area contributed by atoms with Gasteiger partial charge in [-0.2, -0.15) is 0 Å². The summed E-state index contributed by atoms with van der Waals surface area (Å²) in [5.41, 5.74) is 0.951. The normalized spacial score (nSPS) is 19.2. The van der Waals surface area contributed by atoms with E-state index < -0.39 is 6.09 Å². The Morgan fingerprint density at radius 1 is 1.37 bits per heavy atom. The molecule has 0 bridgehead atoms. The summed E-state index contributed by atoms with van der Waals surface area (Å²) in [6.45, 7) is 0.727. The van der Waals surface area contributed by atoms with E-state index in [4.69, 9.17) is 4.74 Å². The third kappa shape index (κ3) is 4.62. The number of carbonyl (C=O) groups excluding carboxylic acids is 2. The van der Waals surface area contributed by atoms with Gasteiger partial charge in [0.25, 0.3) is 0 Å². The van der Waals surface area contributed by atoms with E-state index in [1.165, 1.54) is 0 Å². The van der Waals surface area contributed by atoms with E-state index in [2.05, 4.69) is 10.6 Å². The van der Waals surface area contributed by atoms with Gasteiger partial charge in [-0.3, -0.25) is 4.79 Å². The van der Waals surface area contributed by atoms with Crippen LogP contribution in [0.4, 0.5) is 4.79 Å². The van der Waals surface area contributed by atoms with Gasteiger partial charge in [0.15, 0.2) is 0 Å². The maximum atomic E-state index is 11.6. The van der Waals surface area contributed by atoms with Crippen molar-refractivity contribution in [3.63, 3.8) is 0 Å². The molecule has 0 aromatic heterocycles. The third-order valence-electron chi connectivity index (χ3n) is 3.04. The van der Waals surface area contributed by atoms with Gasteiger partial charge < -0.3 is 15.4 Å². The lowest BCUT2D eigenvalue weighted by Crippen LogP contribution is -2.41. The molecule has 1 saturated heterocycles. The van der Waals surface area contributed by atoms with Gasteiger partial charge in [0.05, 0.1) is 0 Å². The Balaban J connectivity index is 1.73. The van der Waals surface area contributed by atoms with Crippen LogP contribution >= 0.6 is 0 Å². The second-order valence-electron chi connectivity index (χ2n) is 4.60. The molecule has 5 nitrogen and oxygen atoms in total. The highest BCUT2D eigenvalue weighted by atomic mass is 16.5. The second-order valence-corrected chi connectivity index (χ2v) is 4.60. The first kappa shape index (κ1) is 13.4. The fourth-order valence-corrected chi connectivity index (χ4v) is 1.99. The lowest BCUT2D eigenvalue weighted by molar-refractivity contribution is -0.120. The average molecular weight is 262 g/mol. The van der Waals surface area contributed by atoms with Crippen molar-refractivity contribution in [1.29, 1.82) is 0 Å². The molecule has 0 saturated carbocycles. The molecule has 2 amide bonds. The van der Waals surface area contributed by atoms with E-state index in [-0.39, 0.29) is 18.6 Å². The van der Waals surface area contributed by atoms with Crippen LogP contribution < -0.4 is 10.6 Å². The molecule has 19 heavy (non-hydrogen) atoms. The lowest BCUT2D eigenvalue weighted by Gasteiger charge is -2.16. The number of carbonyl (C=O) groups is 2. The smallest absolute Gasteiger partial charge is 0.407 e. The average Bonchev–Trinajstić information content (AvgIpc) is 2.63. The molecule has 1 aliphatic rings. The number of ether oxygens (including phenoxy) is 1. The first-order chi connectivity index (χ1) is 9.24. The summed E-state index contributed by atoms with van der Waals surface area (Å²) in [6.07, 6.45) is 1.66. The van der Waals surface area contributed by atoms with Crippen LogP contribution in [0.3, 0.4) is 0 Å². The zero-order chi connectivity index (χ0) is 13.5. The Morgan fingerprint density at radius 3 is 2.95 bits per heavy atom. The largest absolute Gasteiger partial charge is 0.445 e. The van der Waals surface area contributed by atoms with Gasteiger partial charge in [0, 0.05) is 19.0 Å². The first-order valence-corrected chi connectivity index (χ1v) is 6.48. The van der Waals surface area contributed by atoms with Crippen LogP contribution in [-0.4, -0.2) is 24.6 Å². The van der Waals surface area contributed by atoms with Gasteiger partial charge in [0.2, 0.25) is 5.91 Å². The Kier molecular flexibility index (Phi) is 4.78. The maximum absolute atomic E-state index is 11.6. The number of amides is 2. The van der Waals surface area contributed by atoms with Crippen LogP contribution in [0.1, 0.15) is 24.8 Å². The molecule has 1 unspecified atom stereocenters. The fraction of sp³-hybridized carbons (Fsp3) is 0.429. The van der Waals surface area contributed by atoms with Crippen LogP contribution in [0.25, 0.3) is 0 Å². The van der Waals surface area contributed by atoms with Crippen molar-refractivity contribution in [2.24, 2.45) is 0 Å². The van der Waals surface area contributed by atoms with Gasteiger partial charge in [-0.25, -0.2) is 4.79 Å². The standard InChI is InChI=1S/C14H18N2O3/c17-13-8-4-7-12(9-15-13)16-14(18)19-10-11-5-2-1-3-6-11/h1-3,5-6,12H,4,7-10H2,(H,15,17)(H,16,18). The van der Waals surface area contributed by atoms with Crippen molar-refractivity contribution in [3.05, 3.63) is 35.9 Å². The van der Waals surface area contributed by atoms with Gasteiger partial charge >= 0.3 is 6.09 Å². The molecule has 102 valence electrons. The predicted octanol–water partition coefficient (Wildman–Crippen LogP) is 1.58. The molecule has 1 aromatic carbocycles. The van der Waals surface area contributed by atoms with Gasteiger partial charge in [-0.15, -0.1) is 0 Å². The molecule has 1 aromatic rings. The first-order valence-electron chi connectivity index (χ1n) is 6.48. The molecule has 0 aliphatic carbocycles. The van der Waals surface area contributed by atoms with E-state index in [1.54, 1.807) is 0 Å². The highest BCUT2D eigenvalue weighted by Gasteiger charge is 2.17. The summed E-state index contributed by atoms with van der Waals surface area (Å²) in [5, 5.41) is 5.54. The third-order valence-corrected chi connectivity index (χ3v) is 3.04. The van der Waals surface area contributed by atoms with Crippen molar-refractivity contribution in [3.8, 4) is 0 Å². The molecule has 1 aliphatic heterocycles. The SMILES string of the molecule is O=C1CCCC(NC(=O)OCc2ccccc2)CN1. The monoisotopic (exact) mass is 262 g/mol. The number of benzene rings is 1. The fourth-order valence-electron chi connectivity index (χ4n) is 1.99. The predicted molar refractivity (Wildman–Crippen MR) is 70.4 cm³/mol. The number of alkyl carbamates (subject to hydrolysis) is 1. The Labute approximate surface area is 112 Å². The number of nitrogens with one attached hydrogen (secondary N) is 2. The van der Waals surface area contributed by atoms with Crippen molar-refractivity contribution < 1.29 is 14.3 Å². The highest BCUT2D eigenvalue weighted by molar-refractivity contribution is 5.76. The molecule has 2 rings (SSSR count). The summed E-state index contributed by atoms with van der Waals surface area (Å²) in [5.74, 6) is 0.0435. The number of hydrogen-bond donors (Lipinski definition) is 2. The van der Waals surface area contributed by atoms with Gasteiger partial charge in [-0.05, 0) is 18.4 Å². The summed E-state index contributed by atoms with van der Waals surface area (Å²) in [6, 6.07) is 9.47. The minimum Gasteiger partial charge on any atom is -0.445 e. The molecule has 0 spiro atoms. The molecule has 1 fully saturated rings. The van der Waals surface area contributed by atoms with Gasteiger partial charge in [0.1, 0.15) is 6.61 Å². The topological polar surface area (TPSA) is 67.4 Å². The summed E-state index contributed by atoms with van der Waals surface area (Å²) < 4.78 is 5.14. The number of hydrogen-bond acceptors (Lipinski definition) is 3. The maximum Gasteiger partial charge on any atom is 0.407 e. The molecule has 1 heterocycles. The zero-order valence-corrected chi connectivity index (χ0v) is 10.7. The van der Waals surface area contributed by atoms with E-state index in [9.17, 15) is 9.59 Å². The summed E-state index contributed by atoms with van der Waals surface area (Å²) in [4.78, 5) is 22.8. The van der Waals surface area contributed by atoms with E-state index in [1.807, 2.05) is 30.3 Å². The summed E-state index contributed by atoms with van der Waals surface area (Å²) >= 11 is 0. The Morgan fingerprint density at radius 2 is 2.16 bits per heavy atom. The van der Waals surface area contributed by atoms with Gasteiger partial charge in [-0.1, -0.05) is 30.3 Å². The molecule has 2 N–H and O–H groups in total. The zero-order valence-electron chi connectivity index (χ0n) is 10.7. The van der Waals surface area contributed by atoms with Crippen LogP contribution in [0.2, 0.25) is 0 Å². The Hall–Kier alpha value is -2.04. The molecule has 5 heteroatoms. The Bertz CT molecular complexity index is 434. The number of rotatable bonds is 3. The van der Waals surface area contributed by atoms with Crippen molar-refractivity contribution in [1.82, 2.24) is 10.6 Å². The highest BCUT2D eigenvalue weighted by Crippen LogP contribution is 2.06. The second kappa shape index (κ2) is 6.78. The lowest BCUT2D eigenvalue weighted by atomic mass is 10.1.